The molecule has 1 saturated heterocycles. The highest BCUT2D eigenvalue weighted by Gasteiger charge is 2.33. The molecule has 2 N–H and O–H groups in total. The monoisotopic (exact) mass is 282 g/mol. The Morgan fingerprint density at radius 3 is 2.45 bits per heavy atom. The molecule has 1 aliphatic carbocycles. The minimum atomic E-state index is -0.680. The van der Waals surface area contributed by atoms with Crippen molar-refractivity contribution in [2.75, 3.05) is 26.2 Å². The summed E-state index contributed by atoms with van der Waals surface area (Å²) in [6, 6.07) is -0.330. The molecule has 4 heteroatoms. The van der Waals surface area contributed by atoms with Crippen LogP contribution in [0.15, 0.2) is 0 Å². The van der Waals surface area contributed by atoms with Crippen molar-refractivity contribution in [3.05, 3.63) is 0 Å². The highest BCUT2D eigenvalue weighted by molar-refractivity contribution is 5.73. The summed E-state index contributed by atoms with van der Waals surface area (Å²) in [6.07, 6.45) is 5.13. The lowest BCUT2D eigenvalue weighted by molar-refractivity contribution is -0.144. The van der Waals surface area contributed by atoms with E-state index in [-0.39, 0.29) is 6.04 Å². The van der Waals surface area contributed by atoms with Crippen molar-refractivity contribution in [3.63, 3.8) is 0 Å². The topological polar surface area (TPSA) is 52.6 Å². The zero-order valence-corrected chi connectivity index (χ0v) is 13.2. The number of aliphatic carboxylic acids is 1. The van der Waals surface area contributed by atoms with E-state index in [1.807, 2.05) is 0 Å². The molecule has 1 heterocycles. The van der Waals surface area contributed by atoms with Crippen molar-refractivity contribution in [1.29, 1.82) is 0 Å². The first-order chi connectivity index (χ1) is 9.38. The zero-order valence-electron chi connectivity index (χ0n) is 13.2. The van der Waals surface area contributed by atoms with Crippen LogP contribution in [0.2, 0.25) is 0 Å². The van der Waals surface area contributed by atoms with Crippen molar-refractivity contribution in [2.45, 2.75) is 52.5 Å². The number of nitrogens with one attached hydrogen (secondary N) is 1. The van der Waals surface area contributed by atoms with Gasteiger partial charge in [0.15, 0.2) is 0 Å². The van der Waals surface area contributed by atoms with Crippen LogP contribution in [-0.2, 0) is 4.79 Å². The van der Waals surface area contributed by atoms with Gasteiger partial charge in [-0.05, 0) is 42.9 Å². The number of hydrogen-bond acceptors (Lipinski definition) is 3. The number of carbonyl (C=O) groups is 1. The molecule has 20 heavy (non-hydrogen) atoms. The van der Waals surface area contributed by atoms with Gasteiger partial charge in [0.2, 0.25) is 0 Å². The summed E-state index contributed by atoms with van der Waals surface area (Å²) >= 11 is 0. The molecule has 0 bridgehead atoms. The third kappa shape index (κ3) is 3.95. The maximum Gasteiger partial charge on any atom is 0.322 e. The summed E-state index contributed by atoms with van der Waals surface area (Å²) in [5.41, 5.74) is 0.420. The van der Waals surface area contributed by atoms with E-state index in [9.17, 15) is 9.90 Å². The van der Waals surface area contributed by atoms with E-state index in [1.165, 1.54) is 25.7 Å². The predicted octanol–water partition coefficient (Wildman–Crippen LogP) is 2.20. The number of carboxylic acids is 1. The highest BCUT2D eigenvalue weighted by atomic mass is 16.4. The number of carboxylic acid groups (broad SMARTS) is 1. The molecule has 0 aromatic rings. The van der Waals surface area contributed by atoms with Gasteiger partial charge < -0.3 is 10.4 Å². The molecular formula is C16H30N2O2. The first-order valence-corrected chi connectivity index (χ1v) is 8.05. The van der Waals surface area contributed by atoms with Gasteiger partial charge in [-0.3, -0.25) is 9.69 Å². The zero-order chi connectivity index (χ0) is 14.8. The Hall–Kier alpha value is -0.610. The quantitative estimate of drug-likeness (QED) is 0.833. The molecule has 4 nitrogen and oxygen atoms in total. The molecule has 116 valence electrons. The normalized spacial score (nSPS) is 33.0. The maximum atomic E-state index is 11.3. The highest BCUT2D eigenvalue weighted by Crippen LogP contribution is 2.40. The smallest absolute Gasteiger partial charge is 0.322 e. The second-order valence-corrected chi connectivity index (χ2v) is 7.64. The molecule has 1 aliphatic heterocycles. The lowest BCUT2D eigenvalue weighted by atomic mass is 9.70. The lowest BCUT2D eigenvalue weighted by Crippen LogP contribution is -2.56. The van der Waals surface area contributed by atoms with Crippen molar-refractivity contribution < 1.29 is 9.90 Å². The summed E-state index contributed by atoms with van der Waals surface area (Å²) in [6.45, 7) is 10.4. The Morgan fingerprint density at radius 1 is 1.25 bits per heavy atom. The molecule has 2 rings (SSSR count). The first kappa shape index (κ1) is 15.8. The summed E-state index contributed by atoms with van der Waals surface area (Å²) in [7, 11) is 0. The second kappa shape index (κ2) is 6.44. The molecule has 0 amide bonds. The SMILES string of the molecule is CC(C)(C)C1CCC(CN2CCNCC2C(=O)O)CC1. The number of nitrogens with zero attached hydrogens (tertiary/aromatic N) is 1. The lowest BCUT2D eigenvalue weighted by Gasteiger charge is -2.40. The van der Waals surface area contributed by atoms with Gasteiger partial charge in [-0.2, -0.15) is 0 Å². The molecule has 0 aromatic heterocycles. The van der Waals surface area contributed by atoms with Crippen LogP contribution in [0, 0.1) is 17.3 Å². The van der Waals surface area contributed by atoms with E-state index in [4.69, 9.17) is 0 Å². The van der Waals surface area contributed by atoms with Crippen molar-refractivity contribution >= 4 is 5.97 Å². The Bertz CT molecular complexity index is 330. The molecular weight excluding hydrogens is 252 g/mol. The van der Waals surface area contributed by atoms with Gasteiger partial charge in [0.25, 0.3) is 0 Å². The van der Waals surface area contributed by atoms with Crippen LogP contribution in [0.1, 0.15) is 46.5 Å². The van der Waals surface area contributed by atoms with Gasteiger partial charge in [0.1, 0.15) is 6.04 Å². The van der Waals surface area contributed by atoms with Crippen LogP contribution in [0.3, 0.4) is 0 Å². The molecule has 2 aliphatic rings. The van der Waals surface area contributed by atoms with Gasteiger partial charge in [-0.25, -0.2) is 0 Å². The Labute approximate surface area is 122 Å². The first-order valence-electron chi connectivity index (χ1n) is 8.05. The number of rotatable bonds is 3. The van der Waals surface area contributed by atoms with E-state index in [2.05, 4.69) is 31.0 Å². The van der Waals surface area contributed by atoms with Gasteiger partial charge in [-0.15, -0.1) is 0 Å². The van der Waals surface area contributed by atoms with E-state index in [1.54, 1.807) is 0 Å². The summed E-state index contributed by atoms with van der Waals surface area (Å²) in [5.74, 6) is 0.839. The molecule has 1 saturated carbocycles. The van der Waals surface area contributed by atoms with Crippen LogP contribution in [0.4, 0.5) is 0 Å². The minimum Gasteiger partial charge on any atom is -0.480 e. The van der Waals surface area contributed by atoms with Crippen LogP contribution < -0.4 is 5.32 Å². The van der Waals surface area contributed by atoms with Crippen LogP contribution in [-0.4, -0.2) is 48.2 Å². The van der Waals surface area contributed by atoms with E-state index in [0.29, 0.717) is 17.9 Å². The fourth-order valence-corrected chi connectivity index (χ4v) is 3.75. The molecule has 0 aromatic carbocycles. The Kier molecular flexibility index (Phi) is 5.08. The third-order valence-electron chi connectivity index (χ3n) is 5.20. The van der Waals surface area contributed by atoms with Gasteiger partial charge in [-0.1, -0.05) is 20.8 Å². The second-order valence-electron chi connectivity index (χ2n) is 7.64. The fourth-order valence-electron chi connectivity index (χ4n) is 3.75. The van der Waals surface area contributed by atoms with Crippen molar-refractivity contribution in [3.8, 4) is 0 Å². The average molecular weight is 282 g/mol. The number of hydrogen-bond donors (Lipinski definition) is 2. The third-order valence-corrected chi connectivity index (χ3v) is 5.20. The van der Waals surface area contributed by atoms with Crippen LogP contribution in [0.25, 0.3) is 0 Å². The van der Waals surface area contributed by atoms with Gasteiger partial charge in [0, 0.05) is 26.2 Å². The standard InChI is InChI=1S/C16H30N2O2/c1-16(2,3)13-6-4-12(5-7-13)11-18-9-8-17-10-14(18)15(19)20/h12-14,17H,4-11H2,1-3H3,(H,19,20). The minimum absolute atomic E-state index is 0.330. The molecule has 1 unspecified atom stereocenters. The van der Waals surface area contributed by atoms with Crippen molar-refractivity contribution in [2.24, 2.45) is 17.3 Å². The Morgan fingerprint density at radius 2 is 1.90 bits per heavy atom. The van der Waals surface area contributed by atoms with Gasteiger partial charge in [0.05, 0.1) is 0 Å². The summed E-state index contributed by atoms with van der Waals surface area (Å²) in [4.78, 5) is 13.5. The van der Waals surface area contributed by atoms with E-state index in [0.717, 1.165) is 25.6 Å². The van der Waals surface area contributed by atoms with Crippen molar-refractivity contribution in [1.82, 2.24) is 10.2 Å². The Balaban J connectivity index is 1.84. The average Bonchev–Trinajstić information content (AvgIpc) is 2.38. The van der Waals surface area contributed by atoms with Gasteiger partial charge >= 0.3 is 5.97 Å². The predicted molar refractivity (Wildman–Crippen MR) is 80.8 cm³/mol. The molecule has 2 fully saturated rings. The molecule has 0 spiro atoms. The molecule has 0 radical (unpaired) electrons. The number of piperazine rings is 1. The van der Waals surface area contributed by atoms with E-state index < -0.39 is 5.97 Å². The summed E-state index contributed by atoms with van der Waals surface area (Å²) in [5, 5.41) is 12.5. The molecule has 1 atom stereocenters. The summed E-state index contributed by atoms with van der Waals surface area (Å²) < 4.78 is 0. The largest absolute Gasteiger partial charge is 0.480 e. The van der Waals surface area contributed by atoms with Crippen LogP contribution >= 0.6 is 0 Å². The van der Waals surface area contributed by atoms with E-state index >= 15 is 0 Å². The van der Waals surface area contributed by atoms with Crippen LogP contribution in [0.5, 0.6) is 0 Å². The maximum absolute atomic E-state index is 11.3. The fraction of sp³-hybridized carbons (Fsp3) is 0.938.